The van der Waals surface area contributed by atoms with E-state index in [1.807, 2.05) is 10.6 Å². The van der Waals surface area contributed by atoms with E-state index in [9.17, 15) is 4.79 Å². The number of benzene rings is 1. The number of halogens is 2. The van der Waals surface area contributed by atoms with Crippen LogP contribution >= 0.6 is 24.8 Å². The molecule has 1 saturated heterocycles. The van der Waals surface area contributed by atoms with Crippen LogP contribution in [-0.4, -0.2) is 41.6 Å². The van der Waals surface area contributed by atoms with Gasteiger partial charge in [0, 0.05) is 50.7 Å². The molecule has 2 heterocycles. The molecule has 1 saturated carbocycles. The molecular formula is C19H27Cl2N3O. The molecule has 25 heavy (non-hydrogen) atoms. The number of piperazine rings is 1. The summed E-state index contributed by atoms with van der Waals surface area (Å²) in [7, 11) is 0. The van der Waals surface area contributed by atoms with Gasteiger partial charge in [0.15, 0.2) is 0 Å². The average Bonchev–Trinajstić information content (AvgIpc) is 3.32. The number of nitrogens with zero attached hydrogens (tertiary/aromatic N) is 2. The van der Waals surface area contributed by atoms with E-state index in [1.54, 1.807) is 6.92 Å². The third kappa shape index (κ3) is 4.20. The topological polar surface area (TPSA) is 37.3 Å². The van der Waals surface area contributed by atoms with Gasteiger partial charge in [0.25, 0.3) is 0 Å². The molecule has 4 nitrogen and oxygen atoms in total. The van der Waals surface area contributed by atoms with Crippen LogP contribution in [0.5, 0.6) is 0 Å². The maximum absolute atomic E-state index is 12.0. The molecule has 1 aliphatic heterocycles. The highest BCUT2D eigenvalue weighted by Gasteiger charge is 2.32. The first kappa shape index (κ1) is 20.2. The predicted molar refractivity (Wildman–Crippen MR) is 107 cm³/mol. The summed E-state index contributed by atoms with van der Waals surface area (Å²) in [4.78, 5) is 14.7. The van der Waals surface area contributed by atoms with Gasteiger partial charge in [-0.25, -0.2) is 0 Å². The number of hydrogen-bond acceptors (Lipinski definition) is 3. The van der Waals surface area contributed by atoms with E-state index < -0.39 is 0 Å². The van der Waals surface area contributed by atoms with Crippen molar-refractivity contribution in [2.75, 3.05) is 26.2 Å². The number of carbonyl (C=O) groups is 1. The van der Waals surface area contributed by atoms with Crippen molar-refractivity contribution >= 4 is 41.6 Å². The number of rotatable bonds is 4. The molecule has 1 atom stereocenters. The van der Waals surface area contributed by atoms with Gasteiger partial charge >= 0.3 is 0 Å². The second-order valence-electron chi connectivity index (χ2n) is 6.97. The number of fused-ring (bicyclic) bond motifs is 1. The lowest BCUT2D eigenvalue weighted by Crippen LogP contribution is -2.45. The predicted octanol–water partition coefficient (Wildman–Crippen LogP) is 3.89. The lowest BCUT2D eigenvalue weighted by Gasteiger charge is -2.35. The lowest BCUT2D eigenvalue weighted by molar-refractivity contribution is 0.0941. The molecule has 2 aliphatic rings. The Balaban J connectivity index is 0.00000113. The van der Waals surface area contributed by atoms with Crippen molar-refractivity contribution in [1.29, 1.82) is 0 Å². The SMILES string of the molecule is CC(=O)n1cc([C@@H](CC2CC2)N2CCNCC2)c2ccccc21.Cl.Cl. The van der Waals surface area contributed by atoms with Crippen LogP contribution in [0, 0.1) is 5.92 Å². The standard InChI is InChI=1S/C19H25N3O.2ClH/c1-14(23)22-13-17(16-4-2-3-5-18(16)22)19(12-15-6-7-15)21-10-8-20-9-11-21;;/h2-5,13,15,19-20H,6-12H2,1H3;2*1H/t19-;;/m1../s1. The molecular weight excluding hydrogens is 357 g/mol. The van der Waals surface area contributed by atoms with E-state index in [0.717, 1.165) is 37.6 Å². The van der Waals surface area contributed by atoms with Crippen LogP contribution < -0.4 is 5.32 Å². The fraction of sp³-hybridized carbons (Fsp3) is 0.526. The maximum Gasteiger partial charge on any atom is 0.227 e. The Morgan fingerprint density at radius 2 is 1.88 bits per heavy atom. The maximum atomic E-state index is 12.0. The minimum absolute atomic E-state index is 0. The highest BCUT2D eigenvalue weighted by molar-refractivity contribution is 5.93. The minimum atomic E-state index is 0. The zero-order chi connectivity index (χ0) is 15.8. The summed E-state index contributed by atoms with van der Waals surface area (Å²) in [5.74, 6) is 0.965. The molecule has 138 valence electrons. The Bertz CT molecular complexity index is 721. The van der Waals surface area contributed by atoms with Gasteiger partial charge in [-0.2, -0.15) is 0 Å². The van der Waals surface area contributed by atoms with Gasteiger partial charge in [-0.1, -0.05) is 31.0 Å². The number of carbonyl (C=O) groups excluding carboxylic acids is 1. The second kappa shape index (κ2) is 8.54. The summed E-state index contributed by atoms with van der Waals surface area (Å²) in [6.45, 7) is 5.96. The number of aromatic nitrogens is 1. The fourth-order valence-corrected chi connectivity index (χ4v) is 3.87. The normalized spacial score (nSPS) is 19.1. The van der Waals surface area contributed by atoms with Crippen molar-refractivity contribution in [1.82, 2.24) is 14.8 Å². The molecule has 0 radical (unpaired) electrons. The fourth-order valence-electron chi connectivity index (χ4n) is 3.87. The molecule has 6 heteroatoms. The summed E-state index contributed by atoms with van der Waals surface area (Å²) >= 11 is 0. The van der Waals surface area contributed by atoms with Gasteiger partial charge in [0.1, 0.15) is 0 Å². The highest BCUT2D eigenvalue weighted by atomic mass is 35.5. The summed E-state index contributed by atoms with van der Waals surface area (Å²) < 4.78 is 1.83. The van der Waals surface area contributed by atoms with E-state index in [-0.39, 0.29) is 30.7 Å². The molecule has 4 rings (SSSR count). The average molecular weight is 384 g/mol. The number of nitrogens with one attached hydrogen (secondary N) is 1. The van der Waals surface area contributed by atoms with Gasteiger partial charge in [-0.05, 0) is 24.0 Å². The Morgan fingerprint density at radius 3 is 2.52 bits per heavy atom. The van der Waals surface area contributed by atoms with E-state index in [1.165, 1.54) is 30.2 Å². The Hall–Kier alpha value is -1.07. The molecule has 1 aliphatic carbocycles. The summed E-state index contributed by atoms with van der Waals surface area (Å²) in [6, 6.07) is 8.78. The van der Waals surface area contributed by atoms with Gasteiger partial charge in [0.2, 0.25) is 5.91 Å². The molecule has 1 aromatic heterocycles. The van der Waals surface area contributed by atoms with Crippen LogP contribution in [0.25, 0.3) is 10.9 Å². The molecule has 0 amide bonds. The van der Waals surface area contributed by atoms with Crippen LogP contribution in [0.2, 0.25) is 0 Å². The molecule has 1 N–H and O–H groups in total. The van der Waals surface area contributed by atoms with E-state index in [4.69, 9.17) is 0 Å². The molecule has 0 unspecified atom stereocenters. The van der Waals surface area contributed by atoms with Crippen LogP contribution in [-0.2, 0) is 0 Å². The first-order chi connectivity index (χ1) is 11.2. The van der Waals surface area contributed by atoms with Crippen LogP contribution in [0.4, 0.5) is 0 Å². The van der Waals surface area contributed by atoms with Crippen molar-refractivity contribution in [2.24, 2.45) is 5.92 Å². The Morgan fingerprint density at radius 1 is 1.20 bits per heavy atom. The van der Waals surface area contributed by atoms with E-state index in [2.05, 4.69) is 34.6 Å². The zero-order valence-corrected chi connectivity index (χ0v) is 16.2. The Labute approximate surface area is 161 Å². The third-order valence-electron chi connectivity index (χ3n) is 5.29. The minimum Gasteiger partial charge on any atom is -0.314 e. The van der Waals surface area contributed by atoms with Crippen molar-refractivity contribution in [3.63, 3.8) is 0 Å². The molecule has 1 aromatic carbocycles. The molecule has 2 aromatic rings. The van der Waals surface area contributed by atoms with Gasteiger partial charge < -0.3 is 5.32 Å². The van der Waals surface area contributed by atoms with Gasteiger partial charge in [-0.15, -0.1) is 24.8 Å². The monoisotopic (exact) mass is 383 g/mol. The number of para-hydroxylation sites is 1. The van der Waals surface area contributed by atoms with Gasteiger partial charge in [0.05, 0.1) is 5.52 Å². The summed E-state index contributed by atoms with van der Waals surface area (Å²) in [5.41, 5.74) is 2.38. The summed E-state index contributed by atoms with van der Waals surface area (Å²) in [6.07, 6.45) is 6.07. The van der Waals surface area contributed by atoms with Crippen LogP contribution in [0.15, 0.2) is 30.5 Å². The third-order valence-corrected chi connectivity index (χ3v) is 5.29. The Kier molecular flexibility index (Phi) is 6.92. The largest absolute Gasteiger partial charge is 0.314 e. The van der Waals surface area contributed by atoms with Crippen molar-refractivity contribution < 1.29 is 4.79 Å². The zero-order valence-electron chi connectivity index (χ0n) is 14.6. The molecule has 2 fully saturated rings. The van der Waals surface area contributed by atoms with Crippen molar-refractivity contribution in [3.05, 3.63) is 36.0 Å². The van der Waals surface area contributed by atoms with Crippen molar-refractivity contribution in [3.8, 4) is 0 Å². The molecule has 0 spiro atoms. The first-order valence-corrected chi connectivity index (χ1v) is 8.79. The highest BCUT2D eigenvalue weighted by Crippen LogP contribution is 2.42. The lowest BCUT2D eigenvalue weighted by atomic mass is 9.98. The van der Waals surface area contributed by atoms with E-state index >= 15 is 0 Å². The van der Waals surface area contributed by atoms with Crippen molar-refractivity contribution in [2.45, 2.75) is 32.2 Å². The quantitative estimate of drug-likeness (QED) is 0.869. The van der Waals surface area contributed by atoms with Gasteiger partial charge in [-0.3, -0.25) is 14.3 Å². The summed E-state index contributed by atoms with van der Waals surface area (Å²) in [5, 5.41) is 4.69. The smallest absolute Gasteiger partial charge is 0.227 e. The number of hydrogen-bond donors (Lipinski definition) is 1. The van der Waals surface area contributed by atoms with Crippen LogP contribution in [0.1, 0.15) is 42.6 Å². The van der Waals surface area contributed by atoms with Crippen LogP contribution in [0.3, 0.4) is 0 Å². The van der Waals surface area contributed by atoms with E-state index in [0.29, 0.717) is 6.04 Å². The molecule has 0 bridgehead atoms. The first-order valence-electron chi connectivity index (χ1n) is 8.79. The second-order valence-corrected chi connectivity index (χ2v) is 6.97.